The Bertz CT molecular complexity index is 69.5. The van der Waals surface area contributed by atoms with Crippen molar-refractivity contribution in [3.8, 4) is 0 Å². The van der Waals surface area contributed by atoms with Gasteiger partial charge in [0.2, 0.25) is 0 Å². The first-order chi connectivity index (χ1) is 3.79. The highest BCUT2D eigenvalue weighted by molar-refractivity contribution is 4.60. The summed E-state index contributed by atoms with van der Waals surface area (Å²) in [5.74, 6) is 0. The molecule has 1 saturated heterocycles. The second kappa shape index (κ2) is 4.46. The van der Waals surface area contributed by atoms with E-state index in [4.69, 9.17) is 0 Å². The molecule has 0 bridgehead atoms. The van der Waals surface area contributed by atoms with Crippen LogP contribution >= 0.6 is 0 Å². The van der Waals surface area contributed by atoms with Gasteiger partial charge in [-0.15, -0.1) is 0 Å². The van der Waals surface area contributed by atoms with Crippen LogP contribution in [-0.2, 0) is 0 Å². The summed E-state index contributed by atoms with van der Waals surface area (Å²) in [5, 5.41) is 3.39. The standard InChI is InChI=1S/C6H14N2.HI/c1-6-5-8(2)4-3-7-6;/h6-7H,3-5H2,1-2H3;1H. The quantitative estimate of drug-likeness (QED) is 0.409. The molecule has 3 heteroatoms. The molecule has 2 unspecified atom stereocenters. The van der Waals surface area contributed by atoms with Crippen molar-refractivity contribution in [3.63, 3.8) is 0 Å². The summed E-state index contributed by atoms with van der Waals surface area (Å²) in [5.41, 5.74) is 0. The zero-order valence-electron chi connectivity index (χ0n) is 6.08. The molecule has 1 aliphatic rings. The average molecular weight is 242 g/mol. The molecule has 1 fully saturated rings. The highest BCUT2D eigenvalue weighted by Gasteiger charge is 2.13. The van der Waals surface area contributed by atoms with E-state index < -0.39 is 0 Å². The Morgan fingerprint density at radius 2 is 2.22 bits per heavy atom. The Balaban J connectivity index is 0.000000640. The normalized spacial score (nSPS) is 35.3. The van der Waals surface area contributed by atoms with Gasteiger partial charge >= 0.3 is 0 Å². The minimum atomic E-state index is 0. The van der Waals surface area contributed by atoms with Crippen molar-refractivity contribution in [1.82, 2.24) is 5.32 Å². The Kier molecular flexibility index (Phi) is 4.79. The van der Waals surface area contributed by atoms with Crippen LogP contribution in [0.1, 0.15) is 6.92 Å². The van der Waals surface area contributed by atoms with Gasteiger partial charge < -0.3 is 34.2 Å². The van der Waals surface area contributed by atoms with Gasteiger partial charge in [0.1, 0.15) is 0 Å². The van der Waals surface area contributed by atoms with Crippen molar-refractivity contribution >= 4 is 0 Å². The number of quaternary nitrogens is 1. The summed E-state index contributed by atoms with van der Waals surface area (Å²) in [6, 6.07) is 0.726. The fourth-order valence-electron chi connectivity index (χ4n) is 1.23. The predicted molar refractivity (Wildman–Crippen MR) is 34.1 cm³/mol. The van der Waals surface area contributed by atoms with Crippen LogP contribution < -0.4 is 34.2 Å². The molecule has 2 N–H and O–H groups in total. The summed E-state index contributed by atoms with van der Waals surface area (Å²) in [7, 11) is 2.25. The van der Waals surface area contributed by atoms with Crippen molar-refractivity contribution in [2.75, 3.05) is 26.7 Å². The molecule has 1 rings (SSSR count). The van der Waals surface area contributed by atoms with Gasteiger partial charge in [0.05, 0.1) is 26.2 Å². The van der Waals surface area contributed by atoms with Crippen molar-refractivity contribution in [3.05, 3.63) is 0 Å². The first-order valence-corrected chi connectivity index (χ1v) is 3.33. The molecule has 2 nitrogen and oxygen atoms in total. The maximum absolute atomic E-state index is 3.39. The molecular weight excluding hydrogens is 227 g/mol. The van der Waals surface area contributed by atoms with Gasteiger partial charge in [-0.1, -0.05) is 0 Å². The molecule has 0 aromatic heterocycles. The third-order valence-corrected chi connectivity index (χ3v) is 1.70. The summed E-state index contributed by atoms with van der Waals surface area (Å²) < 4.78 is 0. The number of nitrogens with one attached hydrogen (secondary N) is 2. The van der Waals surface area contributed by atoms with E-state index in [1.165, 1.54) is 19.6 Å². The van der Waals surface area contributed by atoms with Gasteiger partial charge in [-0.25, -0.2) is 0 Å². The van der Waals surface area contributed by atoms with E-state index in [0.717, 1.165) is 6.04 Å². The Hall–Kier alpha value is 0.650. The van der Waals surface area contributed by atoms with Gasteiger partial charge in [0.25, 0.3) is 0 Å². The highest BCUT2D eigenvalue weighted by Crippen LogP contribution is 1.76. The SMILES string of the molecule is CC1C[NH+](C)CCN1.[I-]. The number of hydrogen-bond donors (Lipinski definition) is 2. The monoisotopic (exact) mass is 242 g/mol. The second-order valence-electron chi connectivity index (χ2n) is 2.77. The fraction of sp³-hybridized carbons (Fsp3) is 1.00. The number of rotatable bonds is 0. The Labute approximate surface area is 74.0 Å². The molecule has 0 amide bonds. The second-order valence-corrected chi connectivity index (χ2v) is 2.77. The molecule has 0 saturated carbocycles. The van der Waals surface area contributed by atoms with E-state index in [1.807, 2.05) is 0 Å². The molecule has 0 aromatic carbocycles. The lowest BCUT2D eigenvalue weighted by Gasteiger charge is -2.25. The molecule has 0 aliphatic carbocycles. The third kappa shape index (κ3) is 3.37. The van der Waals surface area contributed by atoms with Crippen LogP contribution in [-0.4, -0.2) is 32.7 Å². The number of piperazine rings is 1. The van der Waals surface area contributed by atoms with Crippen LogP contribution in [0.25, 0.3) is 0 Å². The number of halogens is 1. The van der Waals surface area contributed by atoms with E-state index >= 15 is 0 Å². The van der Waals surface area contributed by atoms with Gasteiger partial charge in [0.15, 0.2) is 0 Å². The van der Waals surface area contributed by atoms with Gasteiger partial charge in [-0.2, -0.15) is 0 Å². The smallest absolute Gasteiger partial charge is 0.0922 e. The summed E-state index contributed by atoms with van der Waals surface area (Å²) in [4.78, 5) is 1.65. The van der Waals surface area contributed by atoms with Crippen LogP contribution in [0.2, 0.25) is 0 Å². The van der Waals surface area contributed by atoms with Crippen LogP contribution in [0.5, 0.6) is 0 Å². The van der Waals surface area contributed by atoms with Gasteiger partial charge in [-0.3, -0.25) is 0 Å². The molecule has 0 aromatic rings. The number of hydrogen-bond acceptors (Lipinski definition) is 1. The van der Waals surface area contributed by atoms with Gasteiger partial charge in [-0.05, 0) is 6.92 Å². The van der Waals surface area contributed by atoms with Crippen molar-refractivity contribution in [1.29, 1.82) is 0 Å². The molecule has 9 heavy (non-hydrogen) atoms. The van der Waals surface area contributed by atoms with E-state index in [0.29, 0.717) is 0 Å². The first kappa shape index (κ1) is 9.65. The molecule has 1 heterocycles. The molecule has 1 aliphatic heterocycles. The van der Waals surface area contributed by atoms with Crippen LogP contribution in [0, 0.1) is 0 Å². The van der Waals surface area contributed by atoms with Crippen molar-refractivity contribution in [2.45, 2.75) is 13.0 Å². The Morgan fingerprint density at radius 1 is 1.56 bits per heavy atom. The molecule has 0 radical (unpaired) electrons. The minimum Gasteiger partial charge on any atom is -1.00 e. The lowest BCUT2D eigenvalue weighted by molar-refractivity contribution is -0.884. The van der Waals surface area contributed by atoms with Crippen molar-refractivity contribution < 1.29 is 28.9 Å². The fourth-order valence-corrected chi connectivity index (χ4v) is 1.23. The topological polar surface area (TPSA) is 16.5 Å². The molecule has 56 valence electrons. The Morgan fingerprint density at radius 3 is 2.56 bits per heavy atom. The van der Waals surface area contributed by atoms with E-state index in [1.54, 1.807) is 4.90 Å². The van der Waals surface area contributed by atoms with Crippen molar-refractivity contribution in [2.24, 2.45) is 0 Å². The van der Waals surface area contributed by atoms with E-state index in [2.05, 4.69) is 19.3 Å². The summed E-state index contributed by atoms with van der Waals surface area (Å²) in [6.45, 7) is 5.99. The average Bonchev–Trinajstić information content (AvgIpc) is 1.64. The predicted octanol–water partition coefficient (Wildman–Crippen LogP) is -4.50. The van der Waals surface area contributed by atoms with Crippen LogP contribution in [0.4, 0.5) is 0 Å². The maximum Gasteiger partial charge on any atom is 0.0922 e. The highest BCUT2D eigenvalue weighted by atomic mass is 127. The van der Waals surface area contributed by atoms with Crippen LogP contribution in [0.3, 0.4) is 0 Å². The minimum absolute atomic E-state index is 0. The summed E-state index contributed by atoms with van der Waals surface area (Å²) >= 11 is 0. The lowest BCUT2D eigenvalue weighted by atomic mass is 10.2. The third-order valence-electron chi connectivity index (χ3n) is 1.70. The molecule has 2 atom stereocenters. The zero-order valence-corrected chi connectivity index (χ0v) is 8.23. The largest absolute Gasteiger partial charge is 1.00 e. The van der Waals surface area contributed by atoms with E-state index in [-0.39, 0.29) is 24.0 Å². The maximum atomic E-state index is 3.39. The first-order valence-electron chi connectivity index (χ1n) is 3.33. The molecule has 0 spiro atoms. The number of likely N-dealkylation sites (N-methyl/N-ethyl adjacent to an activating group) is 1. The van der Waals surface area contributed by atoms with Crippen LogP contribution in [0.15, 0.2) is 0 Å². The van der Waals surface area contributed by atoms with E-state index in [9.17, 15) is 0 Å². The lowest BCUT2D eigenvalue weighted by Crippen LogP contribution is -3.12. The van der Waals surface area contributed by atoms with Gasteiger partial charge in [0, 0.05) is 6.54 Å². The zero-order chi connectivity index (χ0) is 5.98. The summed E-state index contributed by atoms with van der Waals surface area (Å²) in [6.07, 6.45) is 0. The molecular formula is C6H15IN2.